The Morgan fingerprint density at radius 2 is 1.62 bits per heavy atom. The van der Waals surface area contributed by atoms with Crippen molar-refractivity contribution in [3.8, 4) is 0 Å². The minimum atomic E-state index is -0.704. The van der Waals surface area contributed by atoms with Crippen LogP contribution in [0.4, 0.5) is 0 Å². The Labute approximate surface area is 99.1 Å². The van der Waals surface area contributed by atoms with Crippen molar-refractivity contribution in [1.82, 2.24) is 0 Å². The molecule has 2 heteroatoms. The van der Waals surface area contributed by atoms with Crippen molar-refractivity contribution in [2.75, 3.05) is 0 Å². The lowest BCUT2D eigenvalue weighted by atomic mass is 10.2. The summed E-state index contributed by atoms with van der Waals surface area (Å²) >= 11 is 0. The highest BCUT2D eigenvalue weighted by atomic mass is 16.4. The highest BCUT2D eigenvalue weighted by Gasteiger charge is 1.92. The summed E-state index contributed by atoms with van der Waals surface area (Å²) in [6.07, 6.45) is 16.5. The maximum absolute atomic E-state index is 10.2. The quantitative estimate of drug-likeness (QED) is 0.443. The first-order valence-electron chi connectivity index (χ1n) is 6.29. The van der Waals surface area contributed by atoms with E-state index >= 15 is 0 Å². The summed E-state index contributed by atoms with van der Waals surface area (Å²) in [5, 5.41) is 8.42. The van der Waals surface area contributed by atoms with Crippen molar-refractivity contribution in [3.63, 3.8) is 0 Å². The van der Waals surface area contributed by atoms with Crippen LogP contribution in [0, 0.1) is 0 Å². The highest BCUT2D eigenvalue weighted by molar-refractivity contribution is 5.66. The van der Waals surface area contributed by atoms with Crippen LogP contribution in [0.1, 0.15) is 58.3 Å². The molecule has 92 valence electrons. The number of carboxylic acids is 1. The molecule has 0 amide bonds. The maximum atomic E-state index is 10.2. The van der Waals surface area contributed by atoms with E-state index in [9.17, 15) is 4.79 Å². The van der Waals surface area contributed by atoms with Crippen molar-refractivity contribution < 1.29 is 9.90 Å². The molecule has 0 unspecified atom stereocenters. The lowest BCUT2D eigenvalue weighted by Crippen LogP contribution is -1.92. The number of hydrogen-bond acceptors (Lipinski definition) is 1. The third-order valence-corrected chi connectivity index (χ3v) is 2.34. The third kappa shape index (κ3) is 12.9. The molecule has 0 aromatic heterocycles. The number of rotatable bonds is 10. The van der Waals surface area contributed by atoms with Crippen LogP contribution in [-0.2, 0) is 4.79 Å². The van der Waals surface area contributed by atoms with Gasteiger partial charge in [-0.25, -0.2) is 0 Å². The van der Waals surface area contributed by atoms with Gasteiger partial charge < -0.3 is 5.11 Å². The monoisotopic (exact) mass is 224 g/mol. The molecular weight excluding hydrogens is 200 g/mol. The Bertz CT molecular complexity index is 217. The Balaban J connectivity index is 3.23. The average Bonchev–Trinajstić information content (AvgIpc) is 2.25. The van der Waals surface area contributed by atoms with Crippen LogP contribution in [0.15, 0.2) is 24.3 Å². The van der Waals surface area contributed by atoms with Crippen molar-refractivity contribution in [2.24, 2.45) is 0 Å². The van der Waals surface area contributed by atoms with Gasteiger partial charge >= 0.3 is 5.97 Å². The van der Waals surface area contributed by atoms with Crippen molar-refractivity contribution in [3.05, 3.63) is 24.3 Å². The summed E-state index contributed by atoms with van der Waals surface area (Å²) in [6.45, 7) is 2.21. The van der Waals surface area contributed by atoms with E-state index in [2.05, 4.69) is 31.2 Å². The molecule has 0 rings (SSSR count). The van der Waals surface area contributed by atoms with Gasteiger partial charge in [-0.3, -0.25) is 4.79 Å². The second-order valence-electron chi connectivity index (χ2n) is 3.96. The average molecular weight is 224 g/mol. The Kier molecular flexibility index (Phi) is 11.2. The predicted molar refractivity (Wildman–Crippen MR) is 68.5 cm³/mol. The molecule has 0 fully saturated rings. The van der Waals surface area contributed by atoms with Gasteiger partial charge in [0.15, 0.2) is 0 Å². The fraction of sp³-hybridized carbons (Fsp3) is 0.643. The second kappa shape index (κ2) is 12.0. The molecule has 2 nitrogen and oxygen atoms in total. The first-order chi connectivity index (χ1) is 7.77. The van der Waals surface area contributed by atoms with Crippen molar-refractivity contribution in [2.45, 2.75) is 58.3 Å². The number of hydrogen-bond donors (Lipinski definition) is 1. The first kappa shape index (κ1) is 14.9. The summed E-state index contributed by atoms with van der Waals surface area (Å²) in [6, 6.07) is 0. The third-order valence-electron chi connectivity index (χ3n) is 2.34. The fourth-order valence-electron chi connectivity index (χ4n) is 1.39. The van der Waals surface area contributed by atoms with Crippen molar-refractivity contribution in [1.29, 1.82) is 0 Å². The van der Waals surface area contributed by atoms with Crippen LogP contribution in [0.25, 0.3) is 0 Å². The molecule has 0 bridgehead atoms. The van der Waals surface area contributed by atoms with Gasteiger partial charge in [-0.2, -0.15) is 0 Å². The molecule has 0 heterocycles. The van der Waals surface area contributed by atoms with Gasteiger partial charge in [0.2, 0.25) is 0 Å². The Morgan fingerprint density at radius 3 is 2.19 bits per heavy atom. The number of allylic oxidation sites excluding steroid dienone is 4. The first-order valence-corrected chi connectivity index (χ1v) is 6.29. The van der Waals surface area contributed by atoms with Gasteiger partial charge in [0.25, 0.3) is 0 Å². The molecule has 0 aromatic carbocycles. The lowest BCUT2D eigenvalue weighted by Gasteiger charge is -1.91. The van der Waals surface area contributed by atoms with Gasteiger partial charge in [0, 0.05) is 6.42 Å². The standard InChI is InChI=1S/C14H24O2/c1-2-3-4-5-6-7-8-9-10-11-12-13-14(15)16/h6-7,9-10H,2-5,8,11-13H2,1H3,(H,15,16)/b7-6-,10-9-. The van der Waals surface area contributed by atoms with E-state index in [0.717, 1.165) is 19.3 Å². The minimum Gasteiger partial charge on any atom is -0.481 e. The molecular formula is C14H24O2. The summed E-state index contributed by atoms with van der Waals surface area (Å²) in [5.74, 6) is -0.704. The summed E-state index contributed by atoms with van der Waals surface area (Å²) in [5.41, 5.74) is 0. The molecule has 0 radical (unpaired) electrons. The molecule has 0 aliphatic rings. The molecule has 1 N–H and O–H groups in total. The number of carboxylic acid groups (broad SMARTS) is 1. The van der Waals surface area contributed by atoms with E-state index in [0.29, 0.717) is 0 Å². The zero-order chi connectivity index (χ0) is 12.1. The van der Waals surface area contributed by atoms with E-state index in [1.807, 2.05) is 0 Å². The summed E-state index contributed by atoms with van der Waals surface area (Å²) < 4.78 is 0. The van der Waals surface area contributed by atoms with Gasteiger partial charge in [-0.05, 0) is 32.1 Å². The molecule has 0 aliphatic heterocycles. The molecule has 0 aromatic rings. The van der Waals surface area contributed by atoms with E-state index in [1.54, 1.807) is 0 Å². The lowest BCUT2D eigenvalue weighted by molar-refractivity contribution is -0.137. The highest BCUT2D eigenvalue weighted by Crippen LogP contribution is 2.01. The normalized spacial score (nSPS) is 11.6. The smallest absolute Gasteiger partial charge is 0.303 e. The van der Waals surface area contributed by atoms with E-state index in [4.69, 9.17) is 5.11 Å². The molecule has 0 atom stereocenters. The van der Waals surface area contributed by atoms with Gasteiger partial charge in [0.05, 0.1) is 0 Å². The summed E-state index contributed by atoms with van der Waals surface area (Å²) in [4.78, 5) is 10.2. The van der Waals surface area contributed by atoms with Crippen LogP contribution in [0.3, 0.4) is 0 Å². The topological polar surface area (TPSA) is 37.3 Å². The van der Waals surface area contributed by atoms with Crippen LogP contribution in [0.5, 0.6) is 0 Å². The van der Waals surface area contributed by atoms with Gasteiger partial charge in [0.1, 0.15) is 0 Å². The fourth-order valence-corrected chi connectivity index (χ4v) is 1.39. The SMILES string of the molecule is CCCCC/C=C\C/C=C\CCCC(=O)O. The zero-order valence-electron chi connectivity index (χ0n) is 10.3. The Hall–Kier alpha value is -1.05. The molecule has 16 heavy (non-hydrogen) atoms. The predicted octanol–water partition coefficient (Wildman–Crippen LogP) is 4.32. The maximum Gasteiger partial charge on any atom is 0.303 e. The largest absolute Gasteiger partial charge is 0.481 e. The van der Waals surface area contributed by atoms with E-state index < -0.39 is 5.97 Å². The van der Waals surface area contributed by atoms with Crippen LogP contribution < -0.4 is 0 Å². The number of aliphatic carboxylic acids is 1. The second-order valence-corrected chi connectivity index (χ2v) is 3.96. The van der Waals surface area contributed by atoms with E-state index in [1.165, 1.54) is 25.7 Å². The molecule has 0 aliphatic carbocycles. The minimum absolute atomic E-state index is 0.275. The van der Waals surface area contributed by atoms with Gasteiger partial charge in [-0.1, -0.05) is 44.1 Å². The zero-order valence-corrected chi connectivity index (χ0v) is 10.3. The van der Waals surface area contributed by atoms with Crippen LogP contribution >= 0.6 is 0 Å². The van der Waals surface area contributed by atoms with Gasteiger partial charge in [-0.15, -0.1) is 0 Å². The van der Waals surface area contributed by atoms with Crippen LogP contribution in [-0.4, -0.2) is 11.1 Å². The Morgan fingerprint density at radius 1 is 1.00 bits per heavy atom. The summed E-state index contributed by atoms with van der Waals surface area (Å²) in [7, 11) is 0. The van der Waals surface area contributed by atoms with E-state index in [-0.39, 0.29) is 6.42 Å². The number of carbonyl (C=O) groups is 1. The number of unbranched alkanes of at least 4 members (excludes halogenated alkanes) is 4. The molecule has 0 saturated carbocycles. The van der Waals surface area contributed by atoms with Crippen molar-refractivity contribution >= 4 is 5.97 Å². The molecule has 0 saturated heterocycles. The van der Waals surface area contributed by atoms with Crippen LogP contribution in [0.2, 0.25) is 0 Å². The molecule has 0 spiro atoms.